The fourth-order valence-electron chi connectivity index (χ4n) is 1.96. The molecule has 0 aliphatic heterocycles. The van der Waals surface area contributed by atoms with Gasteiger partial charge in [0.25, 0.3) is 0 Å². The van der Waals surface area contributed by atoms with Crippen LogP contribution in [0.3, 0.4) is 0 Å². The first kappa shape index (κ1) is 17.1. The molecular weight excluding hydrogens is 276 g/mol. The van der Waals surface area contributed by atoms with E-state index in [-0.39, 0.29) is 25.4 Å². The van der Waals surface area contributed by atoms with Crippen molar-refractivity contribution in [2.24, 2.45) is 0 Å². The lowest BCUT2D eigenvalue weighted by Gasteiger charge is -2.31. The maximum Gasteiger partial charge on any atom is 0.155 e. The van der Waals surface area contributed by atoms with Crippen molar-refractivity contribution in [3.05, 3.63) is 35.9 Å². The smallest absolute Gasteiger partial charge is 0.155 e. The molecular formula is C15H24O4S. The third-order valence-corrected chi connectivity index (χ3v) is 6.38. The van der Waals surface area contributed by atoms with Gasteiger partial charge < -0.3 is 10.2 Å². The molecule has 0 atom stereocenters. The summed E-state index contributed by atoms with van der Waals surface area (Å²) in [6.45, 7) is 4.40. The van der Waals surface area contributed by atoms with Crippen molar-refractivity contribution in [3.8, 4) is 0 Å². The van der Waals surface area contributed by atoms with E-state index in [2.05, 4.69) is 0 Å². The van der Waals surface area contributed by atoms with Crippen LogP contribution in [0.1, 0.15) is 32.8 Å². The van der Waals surface area contributed by atoms with E-state index in [1.165, 1.54) is 0 Å². The lowest BCUT2D eigenvalue weighted by molar-refractivity contribution is 0.113. The topological polar surface area (TPSA) is 74.6 Å². The lowest BCUT2D eigenvalue weighted by atomic mass is 9.79. The van der Waals surface area contributed by atoms with E-state index in [0.717, 1.165) is 5.56 Å². The van der Waals surface area contributed by atoms with Crippen LogP contribution in [0.15, 0.2) is 30.3 Å². The molecule has 1 aromatic carbocycles. The minimum absolute atomic E-state index is 0.0630. The molecule has 0 aliphatic carbocycles. The zero-order valence-electron chi connectivity index (χ0n) is 12.3. The number of hydrogen-bond acceptors (Lipinski definition) is 4. The summed E-state index contributed by atoms with van der Waals surface area (Å²) in [5, 5.41) is 19.3. The molecule has 4 nitrogen and oxygen atoms in total. The second-order valence-electron chi connectivity index (χ2n) is 6.14. The Balaban J connectivity index is 3.01. The maximum atomic E-state index is 12.2. The first-order valence-electron chi connectivity index (χ1n) is 6.68. The Hall–Kier alpha value is -0.910. The normalized spacial score (nSPS) is 13.4. The number of benzene rings is 1. The predicted octanol–water partition coefficient (Wildman–Crippen LogP) is 1.51. The van der Waals surface area contributed by atoms with Gasteiger partial charge in [0.1, 0.15) is 0 Å². The summed E-state index contributed by atoms with van der Waals surface area (Å²) in [7, 11) is -3.28. The average Bonchev–Trinajstić information content (AvgIpc) is 2.40. The molecule has 5 heteroatoms. The summed E-state index contributed by atoms with van der Waals surface area (Å²) in [5.74, 6) is -0.0630. The highest BCUT2D eigenvalue weighted by Gasteiger charge is 2.36. The van der Waals surface area contributed by atoms with Crippen molar-refractivity contribution >= 4 is 9.84 Å². The fraction of sp³-hybridized carbons (Fsp3) is 0.600. The second-order valence-corrected chi connectivity index (χ2v) is 9.01. The second kappa shape index (κ2) is 6.24. The first-order chi connectivity index (χ1) is 9.18. The molecule has 0 saturated carbocycles. The SMILES string of the molecule is CC(C)(C)S(=O)(=O)CCC(CO)(CO)c1ccccc1. The van der Waals surface area contributed by atoms with Gasteiger partial charge >= 0.3 is 0 Å². The largest absolute Gasteiger partial charge is 0.395 e. The zero-order chi connectivity index (χ0) is 15.4. The number of rotatable bonds is 6. The molecule has 0 radical (unpaired) electrons. The molecule has 1 rings (SSSR count). The van der Waals surface area contributed by atoms with Crippen LogP contribution < -0.4 is 0 Å². The van der Waals surface area contributed by atoms with Gasteiger partial charge in [-0.05, 0) is 32.8 Å². The molecule has 0 aromatic heterocycles. The van der Waals surface area contributed by atoms with Crippen LogP contribution >= 0.6 is 0 Å². The molecule has 1 aromatic rings. The van der Waals surface area contributed by atoms with Crippen molar-refractivity contribution < 1.29 is 18.6 Å². The van der Waals surface area contributed by atoms with Gasteiger partial charge in [-0.1, -0.05) is 30.3 Å². The minimum Gasteiger partial charge on any atom is -0.395 e. The van der Waals surface area contributed by atoms with Crippen LogP contribution in [0.4, 0.5) is 0 Å². The first-order valence-corrected chi connectivity index (χ1v) is 8.33. The number of sulfone groups is 1. The van der Waals surface area contributed by atoms with Crippen molar-refractivity contribution in [1.29, 1.82) is 0 Å². The number of aliphatic hydroxyl groups is 2. The summed E-state index contributed by atoms with van der Waals surface area (Å²) in [4.78, 5) is 0. The quantitative estimate of drug-likeness (QED) is 0.835. The van der Waals surface area contributed by atoms with E-state index in [1.807, 2.05) is 18.2 Å². The highest BCUT2D eigenvalue weighted by atomic mass is 32.2. The molecule has 0 bridgehead atoms. The van der Waals surface area contributed by atoms with Crippen LogP contribution in [0.5, 0.6) is 0 Å². The summed E-state index contributed by atoms with van der Waals surface area (Å²) >= 11 is 0. The van der Waals surface area contributed by atoms with Gasteiger partial charge in [-0.3, -0.25) is 0 Å². The third-order valence-electron chi connectivity index (χ3n) is 3.77. The van der Waals surface area contributed by atoms with E-state index in [4.69, 9.17) is 0 Å². The van der Waals surface area contributed by atoms with Crippen molar-refractivity contribution in [2.75, 3.05) is 19.0 Å². The Bertz CT molecular complexity index is 511. The summed E-state index contributed by atoms with van der Waals surface area (Å²) in [6.07, 6.45) is 0.198. The standard InChI is InChI=1S/C15H24O4S/c1-14(2,3)20(18,19)10-9-15(11-16,12-17)13-7-5-4-6-8-13/h4-8,16-17H,9-12H2,1-3H3. The van der Waals surface area contributed by atoms with Gasteiger partial charge in [-0.2, -0.15) is 0 Å². The third kappa shape index (κ3) is 3.59. The van der Waals surface area contributed by atoms with Crippen molar-refractivity contribution in [3.63, 3.8) is 0 Å². The van der Waals surface area contributed by atoms with E-state index in [1.54, 1.807) is 32.9 Å². The Labute approximate surface area is 121 Å². The number of hydrogen-bond donors (Lipinski definition) is 2. The molecule has 0 amide bonds. The summed E-state index contributed by atoms with van der Waals surface area (Å²) in [6, 6.07) is 9.07. The minimum atomic E-state index is -3.28. The molecule has 0 saturated heterocycles. The monoisotopic (exact) mass is 300 g/mol. The lowest BCUT2D eigenvalue weighted by Crippen LogP contribution is -2.39. The molecule has 20 heavy (non-hydrogen) atoms. The predicted molar refractivity (Wildman–Crippen MR) is 80.4 cm³/mol. The fourth-order valence-corrected chi connectivity index (χ4v) is 3.23. The maximum absolute atomic E-state index is 12.2. The van der Waals surface area contributed by atoms with Crippen LogP contribution in [-0.2, 0) is 15.3 Å². The molecule has 114 valence electrons. The average molecular weight is 300 g/mol. The Morgan fingerprint density at radius 3 is 1.90 bits per heavy atom. The Morgan fingerprint density at radius 1 is 1.00 bits per heavy atom. The number of aliphatic hydroxyl groups excluding tert-OH is 2. The van der Waals surface area contributed by atoms with Gasteiger partial charge in [0, 0.05) is 5.41 Å². The highest BCUT2D eigenvalue weighted by molar-refractivity contribution is 7.92. The molecule has 0 unspecified atom stereocenters. The highest BCUT2D eigenvalue weighted by Crippen LogP contribution is 2.29. The van der Waals surface area contributed by atoms with E-state index >= 15 is 0 Å². The molecule has 0 spiro atoms. The van der Waals surface area contributed by atoms with Gasteiger partial charge in [0.05, 0.1) is 23.7 Å². The molecule has 0 aliphatic rings. The van der Waals surface area contributed by atoms with Crippen LogP contribution in [0.25, 0.3) is 0 Å². The van der Waals surface area contributed by atoms with E-state index in [0.29, 0.717) is 0 Å². The van der Waals surface area contributed by atoms with Gasteiger partial charge in [0.15, 0.2) is 9.84 Å². The zero-order valence-corrected chi connectivity index (χ0v) is 13.2. The Kier molecular flexibility index (Phi) is 5.35. The van der Waals surface area contributed by atoms with E-state index < -0.39 is 20.0 Å². The Morgan fingerprint density at radius 2 is 1.50 bits per heavy atom. The summed E-state index contributed by atoms with van der Waals surface area (Å²) in [5.41, 5.74) is -0.159. The van der Waals surface area contributed by atoms with Gasteiger partial charge in [-0.25, -0.2) is 8.42 Å². The van der Waals surface area contributed by atoms with Crippen LogP contribution in [0.2, 0.25) is 0 Å². The van der Waals surface area contributed by atoms with Crippen molar-refractivity contribution in [2.45, 2.75) is 37.4 Å². The van der Waals surface area contributed by atoms with E-state index in [9.17, 15) is 18.6 Å². The summed E-state index contributed by atoms with van der Waals surface area (Å²) < 4.78 is 23.6. The molecule has 0 heterocycles. The van der Waals surface area contributed by atoms with Gasteiger partial charge in [0.2, 0.25) is 0 Å². The molecule has 2 N–H and O–H groups in total. The van der Waals surface area contributed by atoms with Crippen LogP contribution in [-0.4, -0.2) is 42.3 Å². The molecule has 0 fully saturated rings. The van der Waals surface area contributed by atoms with Crippen LogP contribution in [0, 0.1) is 0 Å². The van der Waals surface area contributed by atoms with Gasteiger partial charge in [-0.15, -0.1) is 0 Å². The van der Waals surface area contributed by atoms with Crippen molar-refractivity contribution in [1.82, 2.24) is 0 Å².